The summed E-state index contributed by atoms with van der Waals surface area (Å²) >= 11 is 0. The molecule has 4 bridgehead atoms. The molecule has 4 rings (SSSR count). The van der Waals surface area contributed by atoms with E-state index in [9.17, 15) is 5.11 Å². The molecule has 0 aliphatic heterocycles. The molecule has 0 aromatic heterocycles. The minimum atomic E-state index is -0.358. The van der Waals surface area contributed by atoms with Gasteiger partial charge in [0.25, 0.3) is 0 Å². The van der Waals surface area contributed by atoms with Gasteiger partial charge in [-0.05, 0) is 38.0 Å². The van der Waals surface area contributed by atoms with Gasteiger partial charge in [-0.15, -0.1) is 0 Å². The molecule has 4 aliphatic rings. The summed E-state index contributed by atoms with van der Waals surface area (Å²) in [7, 11) is 1.62. The van der Waals surface area contributed by atoms with Gasteiger partial charge in [0, 0.05) is 11.8 Å². The van der Waals surface area contributed by atoms with Crippen LogP contribution in [-0.2, 0) is 4.84 Å². The molecule has 14 heavy (non-hydrogen) atoms. The van der Waals surface area contributed by atoms with Crippen LogP contribution in [0.4, 0.5) is 0 Å². The van der Waals surface area contributed by atoms with E-state index in [1.165, 1.54) is 18.6 Å². The Kier molecular flexibility index (Phi) is 1.69. The maximum Gasteiger partial charge on any atom is 0.106 e. The highest BCUT2D eigenvalue weighted by Gasteiger charge is 2.53. The second-order valence-corrected chi connectivity index (χ2v) is 5.27. The fourth-order valence-corrected chi connectivity index (χ4v) is 3.98. The second kappa shape index (κ2) is 2.72. The molecule has 0 aromatic rings. The Balaban J connectivity index is 1.93. The molecule has 2 atom stereocenters. The molecule has 3 heteroatoms. The van der Waals surface area contributed by atoms with Crippen LogP contribution in [0.1, 0.15) is 32.1 Å². The maximum absolute atomic E-state index is 10.3. The van der Waals surface area contributed by atoms with Crippen molar-refractivity contribution in [3.05, 3.63) is 0 Å². The number of nitrogens with zero attached hydrogens (tertiary/aromatic N) is 1. The van der Waals surface area contributed by atoms with Crippen LogP contribution in [-0.4, -0.2) is 23.5 Å². The molecule has 1 N–H and O–H groups in total. The number of hydrogen-bond acceptors (Lipinski definition) is 3. The minimum Gasteiger partial charge on any atom is -0.399 e. The Bertz CT molecular complexity index is 269. The third kappa shape index (κ3) is 1.11. The molecule has 0 spiro atoms. The van der Waals surface area contributed by atoms with Crippen molar-refractivity contribution in [1.29, 1.82) is 0 Å². The van der Waals surface area contributed by atoms with Gasteiger partial charge in [-0.25, -0.2) is 0 Å². The number of oxime groups is 1. The molecule has 0 amide bonds. The molecule has 4 fully saturated rings. The lowest BCUT2D eigenvalue weighted by atomic mass is 9.53. The van der Waals surface area contributed by atoms with Crippen LogP contribution < -0.4 is 0 Å². The molecule has 2 unspecified atom stereocenters. The molecular formula is C11H17NO2. The van der Waals surface area contributed by atoms with Gasteiger partial charge < -0.3 is 9.94 Å². The van der Waals surface area contributed by atoms with Crippen LogP contribution in [0.3, 0.4) is 0 Å². The van der Waals surface area contributed by atoms with Crippen molar-refractivity contribution in [1.82, 2.24) is 0 Å². The van der Waals surface area contributed by atoms with Gasteiger partial charge >= 0.3 is 0 Å². The number of rotatable bonds is 1. The molecule has 78 valence electrons. The second-order valence-electron chi connectivity index (χ2n) is 5.27. The predicted octanol–water partition coefficient (Wildman–Crippen LogP) is 1.56. The highest BCUT2D eigenvalue weighted by molar-refractivity contribution is 5.90. The summed E-state index contributed by atoms with van der Waals surface area (Å²) in [5.41, 5.74) is 0.872. The summed E-state index contributed by atoms with van der Waals surface area (Å²) < 4.78 is 0. The Morgan fingerprint density at radius 3 is 2.43 bits per heavy atom. The van der Waals surface area contributed by atoms with E-state index in [1.807, 2.05) is 0 Å². The van der Waals surface area contributed by atoms with E-state index in [1.54, 1.807) is 7.11 Å². The zero-order valence-corrected chi connectivity index (χ0v) is 8.57. The van der Waals surface area contributed by atoms with Gasteiger partial charge in [-0.2, -0.15) is 0 Å². The minimum absolute atomic E-state index is 0.358. The van der Waals surface area contributed by atoms with Crippen LogP contribution in [0.25, 0.3) is 0 Å². The molecule has 3 nitrogen and oxygen atoms in total. The topological polar surface area (TPSA) is 41.8 Å². The Morgan fingerprint density at radius 2 is 1.93 bits per heavy atom. The molecule has 4 saturated carbocycles. The molecular weight excluding hydrogens is 178 g/mol. The van der Waals surface area contributed by atoms with Crippen LogP contribution in [0.15, 0.2) is 5.16 Å². The van der Waals surface area contributed by atoms with Gasteiger partial charge in [0.1, 0.15) is 7.11 Å². The summed E-state index contributed by atoms with van der Waals surface area (Å²) in [5.74, 6) is 1.76. The predicted molar refractivity (Wildman–Crippen MR) is 52.9 cm³/mol. The van der Waals surface area contributed by atoms with Gasteiger partial charge in [-0.1, -0.05) is 5.16 Å². The SMILES string of the molecule is CON=C1C2CC3CC1CC(O)(C3)C2. The normalized spacial score (nSPS) is 49.6. The third-order valence-electron chi connectivity index (χ3n) is 4.19. The van der Waals surface area contributed by atoms with Crippen molar-refractivity contribution in [3.8, 4) is 0 Å². The van der Waals surface area contributed by atoms with Gasteiger partial charge in [0.15, 0.2) is 0 Å². The third-order valence-corrected chi connectivity index (χ3v) is 4.19. The number of aliphatic hydroxyl groups is 1. The highest BCUT2D eigenvalue weighted by Crippen LogP contribution is 2.54. The first-order valence-corrected chi connectivity index (χ1v) is 5.53. The lowest BCUT2D eigenvalue weighted by Gasteiger charge is -2.54. The Labute approximate surface area is 84.1 Å². The summed E-state index contributed by atoms with van der Waals surface area (Å²) in [6, 6.07) is 0. The van der Waals surface area contributed by atoms with Crippen molar-refractivity contribution >= 4 is 5.71 Å². The molecule has 0 saturated heterocycles. The molecule has 0 radical (unpaired) electrons. The fraction of sp³-hybridized carbons (Fsp3) is 0.909. The summed E-state index contributed by atoms with van der Waals surface area (Å²) in [6.07, 6.45) is 5.31. The number of hydrogen-bond donors (Lipinski definition) is 1. The molecule has 0 heterocycles. The average Bonchev–Trinajstić information content (AvgIpc) is 2.08. The van der Waals surface area contributed by atoms with Crippen molar-refractivity contribution in [3.63, 3.8) is 0 Å². The van der Waals surface area contributed by atoms with Gasteiger partial charge in [0.05, 0.1) is 11.3 Å². The molecule has 4 aliphatic carbocycles. The van der Waals surface area contributed by atoms with E-state index in [4.69, 9.17) is 4.84 Å². The van der Waals surface area contributed by atoms with E-state index >= 15 is 0 Å². The first kappa shape index (κ1) is 8.72. The summed E-state index contributed by atoms with van der Waals surface area (Å²) in [5, 5.41) is 14.5. The highest BCUT2D eigenvalue weighted by atomic mass is 16.6. The van der Waals surface area contributed by atoms with Gasteiger partial charge in [0.2, 0.25) is 0 Å². The summed E-state index contributed by atoms with van der Waals surface area (Å²) in [4.78, 5) is 4.91. The average molecular weight is 195 g/mol. The standard InChI is InChI=1S/C11H17NO2/c1-14-12-10-8-2-7-3-9(10)6-11(13,4-7)5-8/h7-9,13H,2-6H2,1H3. The fourth-order valence-electron chi connectivity index (χ4n) is 3.98. The van der Waals surface area contributed by atoms with Crippen molar-refractivity contribution in [2.45, 2.75) is 37.7 Å². The zero-order valence-electron chi connectivity index (χ0n) is 8.57. The zero-order chi connectivity index (χ0) is 9.76. The largest absolute Gasteiger partial charge is 0.399 e. The maximum atomic E-state index is 10.3. The first-order chi connectivity index (χ1) is 6.70. The van der Waals surface area contributed by atoms with Crippen LogP contribution in [0, 0.1) is 17.8 Å². The van der Waals surface area contributed by atoms with Crippen LogP contribution in [0.5, 0.6) is 0 Å². The van der Waals surface area contributed by atoms with Crippen molar-refractivity contribution < 1.29 is 9.94 Å². The summed E-state index contributed by atoms with van der Waals surface area (Å²) in [6.45, 7) is 0. The van der Waals surface area contributed by atoms with Crippen molar-refractivity contribution in [2.24, 2.45) is 22.9 Å². The lowest BCUT2D eigenvalue weighted by molar-refractivity contribution is -0.0837. The van der Waals surface area contributed by atoms with Gasteiger partial charge in [-0.3, -0.25) is 0 Å². The quantitative estimate of drug-likeness (QED) is 0.645. The smallest absolute Gasteiger partial charge is 0.106 e. The Morgan fingerprint density at radius 1 is 1.29 bits per heavy atom. The lowest BCUT2D eigenvalue weighted by Crippen LogP contribution is -2.55. The van der Waals surface area contributed by atoms with E-state index in [-0.39, 0.29) is 5.60 Å². The van der Waals surface area contributed by atoms with E-state index in [0.717, 1.165) is 25.2 Å². The molecule has 0 aromatic carbocycles. The van der Waals surface area contributed by atoms with E-state index in [0.29, 0.717) is 11.8 Å². The van der Waals surface area contributed by atoms with Crippen LogP contribution in [0.2, 0.25) is 0 Å². The van der Waals surface area contributed by atoms with E-state index < -0.39 is 0 Å². The first-order valence-electron chi connectivity index (χ1n) is 5.53. The Hall–Kier alpha value is -0.570. The monoisotopic (exact) mass is 195 g/mol. The van der Waals surface area contributed by atoms with Crippen LogP contribution >= 0.6 is 0 Å². The van der Waals surface area contributed by atoms with E-state index in [2.05, 4.69) is 5.16 Å². The van der Waals surface area contributed by atoms with Crippen molar-refractivity contribution in [2.75, 3.05) is 7.11 Å².